The fourth-order valence-electron chi connectivity index (χ4n) is 0.829. The first-order valence-corrected chi connectivity index (χ1v) is 4.46. The Morgan fingerprint density at radius 2 is 2.00 bits per heavy atom. The van der Waals surface area contributed by atoms with Gasteiger partial charge in [0.05, 0.1) is 12.2 Å². The molecule has 0 spiro atoms. The summed E-state index contributed by atoms with van der Waals surface area (Å²) in [5.74, 6) is -0.623. The molecule has 0 saturated carbocycles. The maximum absolute atomic E-state index is 11.3. The van der Waals surface area contributed by atoms with Gasteiger partial charge in [0.25, 0.3) is 0 Å². The lowest BCUT2D eigenvalue weighted by Gasteiger charge is -2.25. The molecule has 0 rings (SSSR count). The molecule has 0 aromatic carbocycles. The van der Waals surface area contributed by atoms with E-state index in [4.69, 9.17) is 15.2 Å². The fraction of sp³-hybridized carbons (Fsp3) is 0.889. The Bertz CT molecular complexity index is 193. The molecule has 0 aliphatic carbocycles. The van der Waals surface area contributed by atoms with Crippen LogP contribution in [0.3, 0.4) is 0 Å². The highest BCUT2D eigenvalue weighted by Gasteiger charge is 2.31. The van der Waals surface area contributed by atoms with Gasteiger partial charge in [0.1, 0.15) is 12.1 Å². The number of hydrogen-bond donors (Lipinski definition) is 2. The topological polar surface area (TPSA) is 81.8 Å². The van der Waals surface area contributed by atoms with E-state index in [1.165, 1.54) is 21.0 Å². The third kappa shape index (κ3) is 6.67. The molecule has 0 fully saturated rings. The Morgan fingerprint density at radius 3 is 2.33 bits per heavy atom. The molecule has 0 radical (unpaired) electrons. The lowest BCUT2D eigenvalue weighted by molar-refractivity contribution is -0.157. The summed E-state index contributed by atoms with van der Waals surface area (Å²) in [6.07, 6.45) is -0.360. The minimum Gasteiger partial charge on any atom is -0.459 e. The Hall–Kier alpha value is -0.360. The summed E-state index contributed by atoms with van der Waals surface area (Å²) in [5, 5.41) is 9.44. The van der Waals surface area contributed by atoms with E-state index < -0.39 is 17.6 Å². The Morgan fingerprint density at radius 1 is 1.53 bits per heavy atom. The molecule has 2 atom stereocenters. The van der Waals surface area contributed by atoms with Gasteiger partial charge in [0.2, 0.25) is 0 Å². The first-order valence-electron chi connectivity index (χ1n) is 4.46. The SMILES string of the molecule is COC[C@H](C)OC(=O)C(N)C(C)(C)O.Cl. The zero-order valence-electron chi connectivity index (χ0n) is 9.52. The van der Waals surface area contributed by atoms with Crippen LogP contribution in [0.5, 0.6) is 0 Å². The highest BCUT2D eigenvalue weighted by molar-refractivity contribution is 5.85. The quantitative estimate of drug-likeness (QED) is 0.667. The molecule has 0 saturated heterocycles. The molecule has 0 aliphatic rings. The molecule has 3 N–H and O–H groups in total. The van der Waals surface area contributed by atoms with Crippen LogP contribution in [0, 0.1) is 0 Å². The number of esters is 1. The summed E-state index contributed by atoms with van der Waals surface area (Å²) in [6.45, 7) is 4.92. The Labute approximate surface area is 96.3 Å². The molecule has 0 amide bonds. The summed E-state index contributed by atoms with van der Waals surface area (Å²) < 4.78 is 9.72. The zero-order chi connectivity index (χ0) is 11.4. The second-order valence-corrected chi connectivity index (χ2v) is 3.83. The van der Waals surface area contributed by atoms with E-state index in [2.05, 4.69) is 0 Å². The molecule has 0 aliphatic heterocycles. The molecule has 0 aromatic heterocycles. The molecule has 5 nitrogen and oxygen atoms in total. The first kappa shape index (κ1) is 17.0. The summed E-state index contributed by atoms with van der Waals surface area (Å²) in [6, 6.07) is -1.04. The van der Waals surface area contributed by atoms with Crippen LogP contribution in [0.4, 0.5) is 0 Å². The fourth-order valence-corrected chi connectivity index (χ4v) is 0.829. The number of carbonyl (C=O) groups is 1. The highest BCUT2D eigenvalue weighted by atomic mass is 35.5. The largest absolute Gasteiger partial charge is 0.459 e. The van der Waals surface area contributed by atoms with Gasteiger partial charge in [-0.25, -0.2) is 0 Å². The van der Waals surface area contributed by atoms with Crippen molar-refractivity contribution in [2.75, 3.05) is 13.7 Å². The van der Waals surface area contributed by atoms with Gasteiger partial charge >= 0.3 is 5.97 Å². The number of carbonyl (C=O) groups excluding carboxylic acids is 1. The van der Waals surface area contributed by atoms with Crippen LogP contribution >= 0.6 is 12.4 Å². The zero-order valence-corrected chi connectivity index (χ0v) is 10.3. The van der Waals surface area contributed by atoms with Gasteiger partial charge in [-0.2, -0.15) is 0 Å². The van der Waals surface area contributed by atoms with Gasteiger partial charge in [-0.15, -0.1) is 12.4 Å². The molecule has 15 heavy (non-hydrogen) atoms. The number of rotatable bonds is 5. The summed E-state index contributed by atoms with van der Waals surface area (Å²) in [4.78, 5) is 11.3. The van der Waals surface area contributed by atoms with E-state index in [1.807, 2.05) is 0 Å². The van der Waals surface area contributed by atoms with E-state index in [-0.39, 0.29) is 18.5 Å². The normalized spacial score (nSPS) is 15.1. The Balaban J connectivity index is 0. The minimum atomic E-state index is -1.27. The van der Waals surface area contributed by atoms with Crippen molar-refractivity contribution in [3.63, 3.8) is 0 Å². The van der Waals surface area contributed by atoms with Crippen molar-refractivity contribution in [3.8, 4) is 0 Å². The second-order valence-electron chi connectivity index (χ2n) is 3.83. The molecular weight excluding hydrogens is 222 g/mol. The van der Waals surface area contributed by atoms with Crippen molar-refractivity contribution >= 4 is 18.4 Å². The lowest BCUT2D eigenvalue weighted by Crippen LogP contribution is -2.50. The van der Waals surface area contributed by atoms with Gasteiger partial charge < -0.3 is 20.3 Å². The predicted molar refractivity (Wildman–Crippen MR) is 59.0 cm³/mol. The summed E-state index contributed by atoms with van der Waals surface area (Å²) in [5.41, 5.74) is 4.20. The van der Waals surface area contributed by atoms with Crippen molar-refractivity contribution in [1.82, 2.24) is 0 Å². The number of halogens is 1. The van der Waals surface area contributed by atoms with E-state index in [1.54, 1.807) is 6.92 Å². The maximum Gasteiger partial charge on any atom is 0.326 e. The molecular formula is C9H20ClNO4. The van der Waals surface area contributed by atoms with Gasteiger partial charge in [-0.1, -0.05) is 0 Å². The van der Waals surface area contributed by atoms with Crippen molar-refractivity contribution in [2.45, 2.75) is 38.5 Å². The van der Waals surface area contributed by atoms with Crippen molar-refractivity contribution < 1.29 is 19.4 Å². The van der Waals surface area contributed by atoms with Crippen LogP contribution in [0.2, 0.25) is 0 Å². The molecule has 0 aromatic rings. The monoisotopic (exact) mass is 241 g/mol. The maximum atomic E-state index is 11.3. The van der Waals surface area contributed by atoms with Crippen LogP contribution < -0.4 is 5.73 Å². The molecule has 6 heteroatoms. The minimum absolute atomic E-state index is 0. The number of ether oxygens (including phenoxy) is 2. The van der Waals surface area contributed by atoms with E-state index >= 15 is 0 Å². The Kier molecular flexibility index (Phi) is 7.96. The van der Waals surface area contributed by atoms with E-state index in [9.17, 15) is 9.90 Å². The second kappa shape index (κ2) is 7.00. The third-order valence-corrected chi connectivity index (χ3v) is 1.73. The molecule has 0 bridgehead atoms. The summed E-state index contributed by atoms with van der Waals surface area (Å²) >= 11 is 0. The van der Waals surface area contributed by atoms with Crippen LogP contribution in [0.1, 0.15) is 20.8 Å². The van der Waals surface area contributed by atoms with Crippen LogP contribution in [0.15, 0.2) is 0 Å². The predicted octanol–water partition coefficient (Wildman–Crippen LogP) is 0.0845. The average Bonchev–Trinajstić information content (AvgIpc) is 2.01. The molecule has 1 unspecified atom stereocenters. The lowest BCUT2D eigenvalue weighted by atomic mass is 10.0. The van der Waals surface area contributed by atoms with Crippen molar-refractivity contribution in [1.29, 1.82) is 0 Å². The van der Waals surface area contributed by atoms with Gasteiger partial charge in [0.15, 0.2) is 0 Å². The highest BCUT2D eigenvalue weighted by Crippen LogP contribution is 2.08. The van der Waals surface area contributed by atoms with Crippen LogP contribution in [-0.2, 0) is 14.3 Å². The van der Waals surface area contributed by atoms with Gasteiger partial charge in [0, 0.05) is 7.11 Å². The van der Waals surface area contributed by atoms with E-state index in [0.717, 1.165) is 0 Å². The summed E-state index contributed by atoms with van der Waals surface area (Å²) in [7, 11) is 1.51. The standard InChI is InChI=1S/C9H19NO4.ClH/c1-6(5-13-4)14-8(11)7(10)9(2,3)12;/h6-7,12H,5,10H2,1-4H3;1H/t6-,7?;/m0./s1. The first-order chi connectivity index (χ1) is 6.29. The van der Waals surface area contributed by atoms with Gasteiger partial charge in [-0.3, -0.25) is 4.79 Å². The van der Waals surface area contributed by atoms with Crippen molar-refractivity contribution in [2.24, 2.45) is 5.73 Å². The number of hydrogen-bond acceptors (Lipinski definition) is 5. The van der Waals surface area contributed by atoms with Crippen molar-refractivity contribution in [3.05, 3.63) is 0 Å². The van der Waals surface area contributed by atoms with Gasteiger partial charge in [-0.05, 0) is 20.8 Å². The average molecular weight is 242 g/mol. The number of methoxy groups -OCH3 is 1. The number of nitrogens with two attached hydrogens (primary N) is 1. The molecule has 0 heterocycles. The smallest absolute Gasteiger partial charge is 0.326 e. The third-order valence-electron chi connectivity index (χ3n) is 1.73. The number of aliphatic hydroxyl groups is 1. The van der Waals surface area contributed by atoms with E-state index in [0.29, 0.717) is 6.61 Å². The van der Waals surface area contributed by atoms with Crippen LogP contribution in [0.25, 0.3) is 0 Å². The van der Waals surface area contributed by atoms with Crippen LogP contribution in [-0.4, -0.2) is 42.5 Å². The molecule has 92 valence electrons.